The number of amides is 1. The van der Waals surface area contributed by atoms with Gasteiger partial charge in [-0.1, -0.05) is 24.3 Å². The van der Waals surface area contributed by atoms with E-state index in [4.69, 9.17) is 9.47 Å². The first kappa shape index (κ1) is 20.8. The molecule has 8 nitrogen and oxygen atoms in total. The Bertz CT molecular complexity index is 971. The third kappa shape index (κ3) is 5.12. The van der Waals surface area contributed by atoms with Gasteiger partial charge in [-0.25, -0.2) is 13.2 Å². The summed E-state index contributed by atoms with van der Waals surface area (Å²) < 4.78 is 37.0. The number of nitrogens with zero attached hydrogens (tertiary/aromatic N) is 1. The van der Waals surface area contributed by atoms with Crippen molar-refractivity contribution in [2.24, 2.45) is 0 Å². The second kappa shape index (κ2) is 9.06. The summed E-state index contributed by atoms with van der Waals surface area (Å²) in [4.78, 5) is 23.9. The molecule has 0 spiro atoms. The van der Waals surface area contributed by atoms with Gasteiger partial charge in [0.25, 0.3) is 15.9 Å². The largest absolute Gasteiger partial charge is 0.454 e. The van der Waals surface area contributed by atoms with Crippen LogP contribution in [0.1, 0.15) is 12.8 Å². The Kier molecular flexibility index (Phi) is 6.50. The first-order valence-corrected chi connectivity index (χ1v) is 10.5. The molecule has 1 N–H and O–H groups in total. The van der Waals surface area contributed by atoms with Gasteiger partial charge in [0.15, 0.2) is 12.7 Å². The van der Waals surface area contributed by atoms with Crippen LogP contribution in [0.2, 0.25) is 0 Å². The fraction of sp³-hybridized carbons (Fsp3) is 0.300. The van der Waals surface area contributed by atoms with E-state index < -0.39 is 34.6 Å². The quantitative estimate of drug-likeness (QED) is 0.692. The van der Waals surface area contributed by atoms with E-state index in [0.717, 1.165) is 10.7 Å². The highest BCUT2D eigenvalue weighted by Gasteiger charge is 2.26. The fourth-order valence-electron chi connectivity index (χ4n) is 2.86. The number of hydrogen-bond donors (Lipinski definition) is 1. The van der Waals surface area contributed by atoms with Crippen molar-refractivity contribution in [1.29, 1.82) is 0 Å². The highest BCUT2D eigenvalue weighted by Crippen LogP contribution is 2.23. The molecule has 1 aliphatic heterocycles. The molecule has 1 fully saturated rings. The van der Waals surface area contributed by atoms with E-state index in [2.05, 4.69) is 5.32 Å². The standard InChI is InChI=1S/C20H22N2O6S/c1-22(16-8-3-2-4-9-16)29(25,26)17-10-5-7-15(13-17)21-19(23)14-28-20(24)18-11-6-12-27-18/h2-5,7-10,13,18H,6,11-12,14H2,1H3,(H,21,23)/t18-/m0/s1. The van der Waals surface area contributed by atoms with Crippen molar-refractivity contribution >= 4 is 33.3 Å². The predicted octanol–water partition coefficient (Wildman–Crippen LogP) is 2.17. The van der Waals surface area contributed by atoms with Crippen LogP contribution in [0.25, 0.3) is 0 Å². The molecule has 2 aromatic rings. The van der Waals surface area contributed by atoms with Gasteiger partial charge in [-0.2, -0.15) is 0 Å². The van der Waals surface area contributed by atoms with Crippen LogP contribution in [0.5, 0.6) is 0 Å². The zero-order valence-electron chi connectivity index (χ0n) is 15.9. The van der Waals surface area contributed by atoms with Crippen LogP contribution >= 0.6 is 0 Å². The van der Waals surface area contributed by atoms with Crippen molar-refractivity contribution in [3.05, 3.63) is 54.6 Å². The van der Waals surface area contributed by atoms with Crippen LogP contribution < -0.4 is 9.62 Å². The predicted molar refractivity (Wildman–Crippen MR) is 107 cm³/mol. The second-order valence-corrected chi connectivity index (χ2v) is 8.46. The lowest BCUT2D eigenvalue weighted by atomic mass is 10.2. The number of carbonyl (C=O) groups is 2. The van der Waals surface area contributed by atoms with Crippen LogP contribution in [0, 0.1) is 0 Å². The van der Waals surface area contributed by atoms with E-state index in [-0.39, 0.29) is 10.6 Å². The minimum absolute atomic E-state index is 0.0259. The first-order valence-electron chi connectivity index (χ1n) is 9.10. The average molecular weight is 418 g/mol. The van der Waals surface area contributed by atoms with Gasteiger partial charge in [-0.05, 0) is 43.2 Å². The van der Waals surface area contributed by atoms with Crippen LogP contribution in [-0.4, -0.2) is 46.7 Å². The molecule has 0 aromatic heterocycles. The number of sulfonamides is 1. The minimum atomic E-state index is -3.81. The smallest absolute Gasteiger partial charge is 0.335 e. The van der Waals surface area contributed by atoms with Crippen molar-refractivity contribution in [2.45, 2.75) is 23.8 Å². The molecule has 0 radical (unpaired) electrons. The van der Waals surface area contributed by atoms with Gasteiger partial charge in [0, 0.05) is 19.3 Å². The van der Waals surface area contributed by atoms with Crippen LogP contribution in [0.15, 0.2) is 59.5 Å². The maximum atomic E-state index is 12.9. The van der Waals surface area contributed by atoms with Crippen LogP contribution in [0.3, 0.4) is 0 Å². The topological polar surface area (TPSA) is 102 Å². The summed E-state index contributed by atoms with van der Waals surface area (Å²) in [5, 5.41) is 2.54. The van der Waals surface area contributed by atoms with E-state index in [1.807, 2.05) is 0 Å². The van der Waals surface area contributed by atoms with E-state index in [1.165, 1.54) is 25.2 Å². The summed E-state index contributed by atoms with van der Waals surface area (Å²) in [5.41, 5.74) is 0.800. The van der Waals surface area contributed by atoms with Crippen LogP contribution in [-0.2, 0) is 29.1 Å². The van der Waals surface area contributed by atoms with Gasteiger partial charge in [-0.15, -0.1) is 0 Å². The molecule has 1 saturated heterocycles. The van der Waals surface area contributed by atoms with Gasteiger partial charge in [-0.3, -0.25) is 9.10 Å². The molecule has 0 saturated carbocycles. The summed E-state index contributed by atoms with van der Waals surface area (Å²) in [5.74, 6) is -1.14. The molecule has 29 heavy (non-hydrogen) atoms. The molecule has 3 rings (SSSR count). The third-order valence-electron chi connectivity index (χ3n) is 4.43. The van der Waals surface area contributed by atoms with Crippen molar-refractivity contribution in [3.63, 3.8) is 0 Å². The number of nitrogens with one attached hydrogen (secondary N) is 1. The van der Waals surface area contributed by atoms with Gasteiger partial charge in [0.05, 0.1) is 10.6 Å². The van der Waals surface area contributed by atoms with Gasteiger partial charge < -0.3 is 14.8 Å². The molecule has 9 heteroatoms. The summed E-state index contributed by atoms with van der Waals surface area (Å²) in [6.07, 6.45) is 0.740. The zero-order valence-corrected chi connectivity index (χ0v) is 16.7. The Balaban J connectivity index is 1.64. The molecule has 2 aromatic carbocycles. The van der Waals surface area contributed by atoms with Gasteiger partial charge in [0.1, 0.15) is 0 Å². The normalized spacial score (nSPS) is 16.2. The Labute approximate surface area is 169 Å². The van der Waals surface area contributed by atoms with Crippen molar-refractivity contribution in [3.8, 4) is 0 Å². The Morgan fingerprint density at radius 2 is 1.93 bits per heavy atom. The molecule has 0 unspecified atom stereocenters. The molecule has 1 atom stereocenters. The molecule has 154 valence electrons. The molecular weight excluding hydrogens is 396 g/mol. The van der Waals surface area contributed by atoms with Gasteiger partial charge in [0.2, 0.25) is 0 Å². The van der Waals surface area contributed by atoms with E-state index >= 15 is 0 Å². The lowest BCUT2D eigenvalue weighted by molar-refractivity contribution is -0.156. The molecule has 0 aliphatic carbocycles. The monoisotopic (exact) mass is 418 g/mol. The zero-order chi connectivity index (χ0) is 20.9. The third-order valence-corrected chi connectivity index (χ3v) is 6.22. The minimum Gasteiger partial charge on any atom is -0.454 e. The highest BCUT2D eigenvalue weighted by molar-refractivity contribution is 7.92. The lowest BCUT2D eigenvalue weighted by Crippen LogP contribution is -2.28. The average Bonchev–Trinajstić information content (AvgIpc) is 3.27. The Morgan fingerprint density at radius 3 is 2.62 bits per heavy atom. The Morgan fingerprint density at radius 1 is 1.17 bits per heavy atom. The number of hydrogen-bond acceptors (Lipinski definition) is 6. The molecule has 1 aliphatic rings. The number of rotatable bonds is 7. The number of anilines is 2. The van der Waals surface area contributed by atoms with Crippen molar-refractivity contribution < 1.29 is 27.5 Å². The lowest BCUT2D eigenvalue weighted by Gasteiger charge is -2.20. The SMILES string of the molecule is CN(c1ccccc1)S(=O)(=O)c1cccc(NC(=O)COC(=O)[C@@H]2CCCO2)c1. The highest BCUT2D eigenvalue weighted by atomic mass is 32.2. The van der Waals surface area contributed by atoms with Gasteiger partial charge >= 0.3 is 5.97 Å². The fourth-order valence-corrected chi connectivity index (χ4v) is 4.10. The van der Waals surface area contributed by atoms with Crippen molar-refractivity contribution in [1.82, 2.24) is 0 Å². The molecule has 0 bridgehead atoms. The number of para-hydroxylation sites is 1. The number of esters is 1. The molecule has 1 heterocycles. The van der Waals surface area contributed by atoms with Crippen molar-refractivity contribution in [2.75, 3.05) is 29.9 Å². The maximum Gasteiger partial charge on any atom is 0.335 e. The molecular formula is C20H22N2O6S. The van der Waals surface area contributed by atoms with E-state index in [0.29, 0.717) is 18.7 Å². The van der Waals surface area contributed by atoms with Crippen LogP contribution in [0.4, 0.5) is 11.4 Å². The first-order chi connectivity index (χ1) is 13.9. The summed E-state index contributed by atoms with van der Waals surface area (Å²) in [6.45, 7) is 0.0320. The second-order valence-electron chi connectivity index (χ2n) is 6.49. The number of benzene rings is 2. The Hall–Kier alpha value is -2.91. The summed E-state index contributed by atoms with van der Waals surface area (Å²) in [6, 6.07) is 14.5. The summed E-state index contributed by atoms with van der Waals surface area (Å²) >= 11 is 0. The summed E-state index contributed by atoms with van der Waals surface area (Å²) in [7, 11) is -2.35. The number of carbonyl (C=O) groups excluding carboxylic acids is 2. The maximum absolute atomic E-state index is 12.9. The molecule has 1 amide bonds. The number of ether oxygens (including phenoxy) is 2. The van der Waals surface area contributed by atoms with E-state index in [9.17, 15) is 18.0 Å². The van der Waals surface area contributed by atoms with E-state index in [1.54, 1.807) is 36.4 Å².